The molecule has 1 aliphatic heterocycles. The second-order valence-corrected chi connectivity index (χ2v) is 5.82. The molecule has 1 N–H and O–H groups in total. The van der Waals surface area contributed by atoms with Crippen LogP contribution in [0.15, 0.2) is 24.3 Å². The lowest BCUT2D eigenvalue weighted by molar-refractivity contribution is -0.132. The van der Waals surface area contributed by atoms with Gasteiger partial charge < -0.3 is 15.0 Å². The Balaban J connectivity index is 0.00000288. The molecule has 24 heavy (non-hydrogen) atoms. The lowest BCUT2D eigenvalue weighted by atomic mass is 10.0. The van der Waals surface area contributed by atoms with E-state index in [1.165, 1.54) is 0 Å². The van der Waals surface area contributed by atoms with Gasteiger partial charge in [0.15, 0.2) is 5.78 Å². The van der Waals surface area contributed by atoms with Crippen molar-refractivity contribution in [3.05, 3.63) is 29.8 Å². The number of likely N-dealkylation sites (tertiary alicyclic amines) is 1. The van der Waals surface area contributed by atoms with Crippen LogP contribution in [0.3, 0.4) is 0 Å². The van der Waals surface area contributed by atoms with Crippen LogP contribution in [-0.4, -0.2) is 49.4 Å². The summed E-state index contributed by atoms with van der Waals surface area (Å²) in [5.41, 5.74) is 0.634. The maximum absolute atomic E-state index is 12.2. The van der Waals surface area contributed by atoms with E-state index in [0.717, 1.165) is 31.7 Å². The lowest BCUT2D eigenvalue weighted by Crippen LogP contribution is -2.44. The van der Waals surface area contributed by atoms with Crippen LogP contribution in [0, 0.1) is 0 Å². The fourth-order valence-corrected chi connectivity index (χ4v) is 2.84. The molecule has 6 heteroatoms. The summed E-state index contributed by atoms with van der Waals surface area (Å²) in [6, 6.07) is 7.61. The number of hydrogen-bond donors (Lipinski definition) is 1. The average molecular weight is 355 g/mol. The highest BCUT2D eigenvalue weighted by Gasteiger charge is 2.22. The molecule has 0 radical (unpaired) electrons. The number of piperidine rings is 1. The first-order valence-corrected chi connectivity index (χ1v) is 8.35. The SMILES string of the molecule is CCOc1ccc(C(=O)CCC(=O)N2CCC(NC)CC2)cc1.Cl. The number of Topliss-reactive ketones (excluding diaryl/α,β-unsaturated/α-hetero) is 1. The fraction of sp³-hybridized carbons (Fsp3) is 0.556. The first kappa shape index (κ1) is 20.5. The van der Waals surface area contributed by atoms with Crippen LogP contribution in [0.1, 0.15) is 43.0 Å². The summed E-state index contributed by atoms with van der Waals surface area (Å²) in [5, 5.41) is 3.25. The van der Waals surface area contributed by atoms with Crippen molar-refractivity contribution in [2.75, 3.05) is 26.7 Å². The van der Waals surface area contributed by atoms with Gasteiger partial charge in [-0.3, -0.25) is 9.59 Å². The third kappa shape index (κ3) is 5.80. The first-order valence-electron chi connectivity index (χ1n) is 8.35. The minimum Gasteiger partial charge on any atom is -0.494 e. The molecule has 1 heterocycles. The van der Waals surface area contributed by atoms with Crippen molar-refractivity contribution in [3.8, 4) is 5.75 Å². The van der Waals surface area contributed by atoms with Crippen LogP contribution in [0.5, 0.6) is 5.75 Å². The maximum Gasteiger partial charge on any atom is 0.223 e. The minimum absolute atomic E-state index is 0. The average Bonchev–Trinajstić information content (AvgIpc) is 2.60. The number of rotatable bonds is 7. The third-order valence-corrected chi connectivity index (χ3v) is 4.31. The predicted molar refractivity (Wildman–Crippen MR) is 97.1 cm³/mol. The zero-order chi connectivity index (χ0) is 16.7. The highest BCUT2D eigenvalue weighted by molar-refractivity contribution is 5.98. The summed E-state index contributed by atoms with van der Waals surface area (Å²) in [6.45, 7) is 4.08. The van der Waals surface area contributed by atoms with Gasteiger partial charge in [0.2, 0.25) is 5.91 Å². The van der Waals surface area contributed by atoms with Crippen molar-refractivity contribution < 1.29 is 14.3 Å². The Hall–Kier alpha value is -1.59. The van der Waals surface area contributed by atoms with Crippen LogP contribution in [0.25, 0.3) is 0 Å². The van der Waals surface area contributed by atoms with Gasteiger partial charge in [0.25, 0.3) is 0 Å². The van der Waals surface area contributed by atoms with Crippen molar-refractivity contribution in [2.45, 2.75) is 38.6 Å². The molecule has 134 valence electrons. The van der Waals surface area contributed by atoms with E-state index in [9.17, 15) is 9.59 Å². The fourth-order valence-electron chi connectivity index (χ4n) is 2.84. The second kappa shape index (κ2) is 10.3. The van der Waals surface area contributed by atoms with E-state index in [2.05, 4.69) is 5.32 Å². The quantitative estimate of drug-likeness (QED) is 0.765. The summed E-state index contributed by atoms with van der Waals surface area (Å²) in [4.78, 5) is 26.3. The van der Waals surface area contributed by atoms with Gasteiger partial charge in [-0.1, -0.05) is 0 Å². The van der Waals surface area contributed by atoms with Crippen LogP contribution in [-0.2, 0) is 4.79 Å². The molecule has 1 fully saturated rings. The monoisotopic (exact) mass is 354 g/mol. The van der Waals surface area contributed by atoms with Crippen molar-refractivity contribution in [3.63, 3.8) is 0 Å². The molecular formula is C18H27ClN2O3. The Kier molecular flexibility index (Phi) is 8.79. The van der Waals surface area contributed by atoms with E-state index in [1.807, 2.05) is 18.9 Å². The number of amides is 1. The molecule has 0 atom stereocenters. The summed E-state index contributed by atoms with van der Waals surface area (Å²) >= 11 is 0. The molecule has 1 amide bonds. The van der Waals surface area contributed by atoms with Crippen LogP contribution in [0.2, 0.25) is 0 Å². The smallest absolute Gasteiger partial charge is 0.223 e. The Morgan fingerprint density at radius 1 is 1.17 bits per heavy atom. The molecular weight excluding hydrogens is 328 g/mol. The summed E-state index contributed by atoms with van der Waals surface area (Å²) < 4.78 is 5.36. The highest BCUT2D eigenvalue weighted by Crippen LogP contribution is 2.15. The molecule has 0 unspecified atom stereocenters. The Morgan fingerprint density at radius 3 is 2.33 bits per heavy atom. The van der Waals surface area contributed by atoms with Gasteiger partial charge in [-0.05, 0) is 51.1 Å². The predicted octanol–water partition coefficient (Wildman–Crippen LogP) is 2.68. The van der Waals surface area contributed by atoms with Crippen LogP contribution in [0.4, 0.5) is 0 Å². The standard InChI is InChI=1S/C18H26N2O3.ClH/c1-3-23-16-6-4-14(5-7-16)17(21)8-9-18(22)20-12-10-15(19-2)11-13-20;/h4-7,15,19H,3,8-13H2,1-2H3;1H. The molecule has 1 aromatic rings. The number of carbonyl (C=O) groups is 2. The number of benzene rings is 1. The van der Waals surface area contributed by atoms with Gasteiger partial charge >= 0.3 is 0 Å². The van der Waals surface area contributed by atoms with E-state index in [0.29, 0.717) is 18.2 Å². The molecule has 0 saturated carbocycles. The molecule has 0 aromatic heterocycles. The largest absolute Gasteiger partial charge is 0.494 e. The van der Waals surface area contributed by atoms with Gasteiger partial charge in [-0.25, -0.2) is 0 Å². The molecule has 1 aliphatic rings. The molecule has 0 bridgehead atoms. The highest BCUT2D eigenvalue weighted by atomic mass is 35.5. The van der Waals surface area contributed by atoms with Gasteiger partial charge in [0.05, 0.1) is 6.61 Å². The van der Waals surface area contributed by atoms with Gasteiger partial charge in [0.1, 0.15) is 5.75 Å². The Labute approximate surface area is 150 Å². The maximum atomic E-state index is 12.2. The van der Waals surface area contributed by atoms with Gasteiger partial charge in [0, 0.05) is 37.5 Å². The van der Waals surface area contributed by atoms with Gasteiger partial charge in [-0.2, -0.15) is 0 Å². The topological polar surface area (TPSA) is 58.6 Å². The number of hydrogen-bond acceptors (Lipinski definition) is 4. The number of nitrogens with one attached hydrogen (secondary N) is 1. The summed E-state index contributed by atoms with van der Waals surface area (Å²) in [6.07, 6.45) is 2.51. The molecule has 0 spiro atoms. The van der Waals surface area contributed by atoms with E-state index < -0.39 is 0 Å². The zero-order valence-electron chi connectivity index (χ0n) is 14.4. The number of ether oxygens (including phenoxy) is 1. The van der Waals surface area contributed by atoms with E-state index in [1.54, 1.807) is 24.3 Å². The number of halogens is 1. The van der Waals surface area contributed by atoms with E-state index in [4.69, 9.17) is 4.74 Å². The van der Waals surface area contributed by atoms with Gasteiger partial charge in [-0.15, -0.1) is 12.4 Å². The second-order valence-electron chi connectivity index (χ2n) is 5.82. The van der Waals surface area contributed by atoms with Crippen molar-refractivity contribution >= 4 is 24.1 Å². The third-order valence-electron chi connectivity index (χ3n) is 4.31. The molecule has 5 nitrogen and oxygen atoms in total. The number of ketones is 1. The van der Waals surface area contributed by atoms with Crippen molar-refractivity contribution in [1.82, 2.24) is 10.2 Å². The molecule has 1 saturated heterocycles. The minimum atomic E-state index is 0. The van der Waals surface area contributed by atoms with Crippen molar-refractivity contribution in [1.29, 1.82) is 0 Å². The molecule has 0 aliphatic carbocycles. The van der Waals surface area contributed by atoms with Crippen molar-refractivity contribution in [2.24, 2.45) is 0 Å². The van der Waals surface area contributed by atoms with E-state index in [-0.39, 0.29) is 36.9 Å². The normalized spacial score (nSPS) is 14.8. The summed E-state index contributed by atoms with van der Waals surface area (Å²) in [7, 11) is 1.96. The Bertz CT molecular complexity index is 526. The number of nitrogens with zero attached hydrogens (tertiary/aromatic N) is 1. The molecule has 1 aromatic carbocycles. The van der Waals surface area contributed by atoms with Crippen LogP contribution >= 0.6 is 12.4 Å². The van der Waals surface area contributed by atoms with E-state index >= 15 is 0 Å². The molecule has 2 rings (SSSR count). The lowest BCUT2D eigenvalue weighted by Gasteiger charge is -2.31. The Morgan fingerprint density at radius 2 is 1.79 bits per heavy atom. The zero-order valence-corrected chi connectivity index (χ0v) is 15.2. The van der Waals surface area contributed by atoms with Crippen LogP contribution < -0.4 is 10.1 Å². The first-order chi connectivity index (χ1) is 11.1. The number of carbonyl (C=O) groups excluding carboxylic acids is 2. The summed E-state index contributed by atoms with van der Waals surface area (Å²) in [5.74, 6) is 0.845.